The largest absolute Gasteiger partial charge is 0.506 e. The fraction of sp³-hybridized carbons (Fsp3) is 0.0714. The van der Waals surface area contributed by atoms with Gasteiger partial charge in [0, 0.05) is 6.07 Å². The van der Waals surface area contributed by atoms with Crippen molar-refractivity contribution in [1.29, 1.82) is 0 Å². The Kier molecular flexibility index (Phi) is 2.64. The molecule has 3 nitrogen and oxygen atoms in total. The Hall–Kier alpha value is -2.07. The molecule has 0 radical (unpaired) electrons. The lowest BCUT2D eigenvalue weighted by Crippen LogP contribution is -2.19. The first kappa shape index (κ1) is 11.0. The van der Waals surface area contributed by atoms with Gasteiger partial charge in [0.05, 0.1) is 16.8 Å². The van der Waals surface area contributed by atoms with Crippen LogP contribution in [0.15, 0.2) is 52.6 Å². The highest BCUT2D eigenvalue weighted by Crippen LogP contribution is 2.28. The van der Waals surface area contributed by atoms with Gasteiger partial charge >= 0.3 is 0 Å². The van der Waals surface area contributed by atoms with Crippen molar-refractivity contribution < 1.29 is 5.11 Å². The van der Waals surface area contributed by atoms with Crippen LogP contribution in [-0.4, -0.2) is 9.67 Å². The zero-order valence-corrected chi connectivity index (χ0v) is 10.4. The number of pyridine rings is 1. The molecule has 4 heteroatoms. The molecule has 3 rings (SSSR count). The van der Waals surface area contributed by atoms with Crippen LogP contribution in [0.1, 0.15) is 5.56 Å². The van der Waals surface area contributed by atoms with Gasteiger partial charge in [0.15, 0.2) is 0 Å². The fourth-order valence-corrected chi connectivity index (χ4v) is 2.83. The molecule has 2 aromatic heterocycles. The van der Waals surface area contributed by atoms with Gasteiger partial charge in [0.2, 0.25) is 0 Å². The first-order valence-corrected chi connectivity index (χ1v) is 6.47. The van der Waals surface area contributed by atoms with Crippen molar-refractivity contribution >= 4 is 21.6 Å². The van der Waals surface area contributed by atoms with Crippen LogP contribution in [0.3, 0.4) is 0 Å². The maximum Gasteiger partial charge on any atom is 0.255 e. The third kappa shape index (κ3) is 1.80. The second-order valence-corrected chi connectivity index (χ2v) is 4.99. The molecule has 1 aromatic carbocycles. The first-order valence-electron chi connectivity index (χ1n) is 5.59. The molecule has 0 unspecified atom stereocenters. The number of aromatic hydroxyl groups is 1. The molecule has 0 aliphatic heterocycles. The first-order chi connectivity index (χ1) is 8.75. The lowest BCUT2D eigenvalue weighted by molar-refractivity contribution is 0.480. The van der Waals surface area contributed by atoms with E-state index in [1.165, 1.54) is 17.4 Å². The molecule has 1 N–H and O–H groups in total. The molecule has 2 heterocycles. The topological polar surface area (TPSA) is 42.2 Å². The summed E-state index contributed by atoms with van der Waals surface area (Å²) in [6, 6.07) is 13.0. The molecule has 0 aliphatic carbocycles. The van der Waals surface area contributed by atoms with Crippen LogP contribution in [0.4, 0.5) is 0 Å². The van der Waals surface area contributed by atoms with Crippen molar-refractivity contribution in [1.82, 2.24) is 4.57 Å². The van der Waals surface area contributed by atoms with E-state index < -0.39 is 0 Å². The van der Waals surface area contributed by atoms with Gasteiger partial charge in [-0.3, -0.25) is 4.79 Å². The summed E-state index contributed by atoms with van der Waals surface area (Å²) >= 11 is 1.44. The van der Waals surface area contributed by atoms with Crippen LogP contribution in [0.25, 0.3) is 10.2 Å². The molecular weight excluding hydrogens is 246 g/mol. The number of nitrogens with zero attached hydrogens (tertiary/aromatic N) is 1. The van der Waals surface area contributed by atoms with E-state index >= 15 is 0 Å². The number of hydrogen-bond acceptors (Lipinski definition) is 3. The van der Waals surface area contributed by atoms with Crippen LogP contribution < -0.4 is 5.56 Å². The van der Waals surface area contributed by atoms with Crippen molar-refractivity contribution in [3.63, 3.8) is 0 Å². The summed E-state index contributed by atoms with van der Waals surface area (Å²) in [4.78, 5) is 12.0. The van der Waals surface area contributed by atoms with Crippen molar-refractivity contribution in [2.45, 2.75) is 6.54 Å². The SMILES string of the molecule is O=c1cc(O)c2sccc2n1Cc1ccccc1. The number of aromatic nitrogens is 1. The Morgan fingerprint density at radius 1 is 1.17 bits per heavy atom. The minimum Gasteiger partial charge on any atom is -0.506 e. The summed E-state index contributed by atoms with van der Waals surface area (Å²) in [6.45, 7) is 0.521. The highest BCUT2D eigenvalue weighted by Gasteiger charge is 2.09. The minimum atomic E-state index is -0.178. The van der Waals surface area contributed by atoms with E-state index in [1.54, 1.807) is 4.57 Å². The third-order valence-corrected chi connectivity index (χ3v) is 3.80. The van der Waals surface area contributed by atoms with Crippen molar-refractivity contribution in [2.24, 2.45) is 0 Å². The second kappa shape index (κ2) is 4.31. The maximum atomic E-state index is 12.0. The molecule has 0 amide bonds. The quantitative estimate of drug-likeness (QED) is 0.767. The summed E-state index contributed by atoms with van der Waals surface area (Å²) in [7, 11) is 0. The van der Waals surface area contributed by atoms with E-state index in [4.69, 9.17) is 0 Å². The maximum absolute atomic E-state index is 12.0. The zero-order chi connectivity index (χ0) is 12.5. The van der Waals surface area contributed by atoms with Gasteiger partial charge in [0.25, 0.3) is 5.56 Å². The summed E-state index contributed by atoms with van der Waals surface area (Å²) in [6.07, 6.45) is 0. The predicted octanol–water partition coefficient (Wildman–Crippen LogP) is 2.82. The molecular formula is C14H11NO2S. The summed E-state index contributed by atoms with van der Waals surface area (Å²) in [5, 5.41) is 11.6. The molecule has 0 saturated carbocycles. The van der Waals surface area contributed by atoms with E-state index in [1.807, 2.05) is 41.8 Å². The van der Waals surface area contributed by atoms with Crippen LogP contribution in [-0.2, 0) is 6.54 Å². The van der Waals surface area contributed by atoms with Gasteiger partial charge in [-0.2, -0.15) is 0 Å². The summed E-state index contributed by atoms with van der Waals surface area (Å²) < 4.78 is 2.44. The smallest absolute Gasteiger partial charge is 0.255 e. The monoisotopic (exact) mass is 257 g/mol. The zero-order valence-electron chi connectivity index (χ0n) is 9.54. The number of hydrogen-bond donors (Lipinski definition) is 1. The van der Waals surface area contributed by atoms with Gasteiger partial charge in [0.1, 0.15) is 5.75 Å². The van der Waals surface area contributed by atoms with Crippen LogP contribution >= 0.6 is 11.3 Å². The van der Waals surface area contributed by atoms with Crippen LogP contribution in [0.2, 0.25) is 0 Å². The second-order valence-electron chi connectivity index (χ2n) is 4.07. The third-order valence-electron chi connectivity index (χ3n) is 2.88. The Labute approximate surface area is 108 Å². The molecule has 0 atom stereocenters. The number of benzene rings is 1. The standard InChI is InChI=1S/C14H11NO2S/c16-12-8-13(17)15(11-6-7-18-14(11)12)9-10-4-2-1-3-5-10/h1-8,16H,9H2. The molecule has 3 aromatic rings. The normalized spacial score (nSPS) is 10.9. The molecule has 90 valence electrons. The molecule has 18 heavy (non-hydrogen) atoms. The van der Waals surface area contributed by atoms with Crippen LogP contribution in [0, 0.1) is 0 Å². The fourth-order valence-electron chi connectivity index (χ4n) is 2.01. The van der Waals surface area contributed by atoms with Gasteiger partial charge in [-0.15, -0.1) is 11.3 Å². The highest BCUT2D eigenvalue weighted by atomic mass is 32.1. The lowest BCUT2D eigenvalue weighted by atomic mass is 10.2. The van der Waals surface area contributed by atoms with E-state index in [9.17, 15) is 9.90 Å². The predicted molar refractivity (Wildman–Crippen MR) is 73.3 cm³/mol. The highest BCUT2D eigenvalue weighted by molar-refractivity contribution is 7.17. The average molecular weight is 257 g/mol. The lowest BCUT2D eigenvalue weighted by Gasteiger charge is -2.08. The molecule has 0 bridgehead atoms. The summed E-state index contributed by atoms with van der Waals surface area (Å²) in [5.41, 5.74) is 1.67. The van der Waals surface area contributed by atoms with Gasteiger partial charge in [-0.1, -0.05) is 30.3 Å². The minimum absolute atomic E-state index is 0.0642. The number of fused-ring (bicyclic) bond motifs is 1. The van der Waals surface area contributed by atoms with Gasteiger partial charge in [-0.25, -0.2) is 0 Å². The van der Waals surface area contributed by atoms with Crippen molar-refractivity contribution in [3.8, 4) is 5.75 Å². The molecule has 0 spiro atoms. The Bertz CT molecular complexity index is 743. The Morgan fingerprint density at radius 2 is 1.94 bits per heavy atom. The Balaban J connectivity index is 2.17. The van der Waals surface area contributed by atoms with Gasteiger partial charge in [-0.05, 0) is 17.0 Å². The van der Waals surface area contributed by atoms with E-state index in [0.717, 1.165) is 15.8 Å². The molecule has 0 aliphatic rings. The van der Waals surface area contributed by atoms with Gasteiger partial charge < -0.3 is 9.67 Å². The molecule has 0 fully saturated rings. The van der Waals surface area contributed by atoms with E-state index in [-0.39, 0.29) is 11.3 Å². The van der Waals surface area contributed by atoms with Crippen LogP contribution in [0.5, 0.6) is 5.75 Å². The molecule has 0 saturated heterocycles. The van der Waals surface area contributed by atoms with E-state index in [2.05, 4.69) is 0 Å². The van der Waals surface area contributed by atoms with Crippen molar-refractivity contribution in [2.75, 3.05) is 0 Å². The summed E-state index contributed by atoms with van der Waals surface area (Å²) in [5.74, 6) is 0.0642. The average Bonchev–Trinajstić information content (AvgIpc) is 2.85. The number of thiophene rings is 1. The number of rotatable bonds is 2. The Morgan fingerprint density at radius 3 is 2.72 bits per heavy atom. The van der Waals surface area contributed by atoms with Crippen molar-refractivity contribution in [3.05, 3.63) is 63.8 Å². The van der Waals surface area contributed by atoms with E-state index in [0.29, 0.717) is 6.54 Å².